The minimum Gasteiger partial charge on any atom is -0.357 e. The summed E-state index contributed by atoms with van der Waals surface area (Å²) in [4.78, 5) is 18.0. The lowest BCUT2D eigenvalue weighted by Crippen LogP contribution is -2.45. The first-order valence-electron chi connectivity index (χ1n) is 7.43. The lowest BCUT2D eigenvalue weighted by molar-refractivity contribution is -0.134. The van der Waals surface area contributed by atoms with E-state index >= 15 is 0 Å². The van der Waals surface area contributed by atoms with Crippen LogP contribution in [-0.2, 0) is 17.8 Å². The summed E-state index contributed by atoms with van der Waals surface area (Å²) in [6.07, 6.45) is 3.05. The first-order valence-corrected chi connectivity index (χ1v) is 7.43. The van der Waals surface area contributed by atoms with Crippen LogP contribution in [0.15, 0.2) is 24.3 Å². The Kier molecular flexibility index (Phi) is 2.77. The van der Waals surface area contributed by atoms with Crippen molar-refractivity contribution < 1.29 is 4.79 Å². The Morgan fingerprint density at radius 2 is 2.20 bits per heavy atom. The number of carbonyl (C=O) groups excluding carboxylic acids is 1. The summed E-state index contributed by atoms with van der Waals surface area (Å²) in [5, 5.41) is 4.62. The topological polar surface area (TPSA) is 48.1 Å². The van der Waals surface area contributed by atoms with Gasteiger partial charge in [0, 0.05) is 23.1 Å². The Hall–Kier alpha value is -1.81. The molecule has 1 amide bonds. The van der Waals surface area contributed by atoms with E-state index in [2.05, 4.69) is 34.6 Å². The van der Waals surface area contributed by atoms with Crippen LogP contribution in [0.25, 0.3) is 10.9 Å². The van der Waals surface area contributed by atoms with Crippen molar-refractivity contribution in [1.29, 1.82) is 0 Å². The summed E-state index contributed by atoms with van der Waals surface area (Å²) in [5.74, 6) is 0.270. The third-order valence-corrected chi connectivity index (χ3v) is 4.55. The first-order chi connectivity index (χ1) is 9.83. The molecule has 2 N–H and O–H groups in total. The fourth-order valence-electron chi connectivity index (χ4n) is 3.50. The standard InChI is InChI=1S/C16H19N3O/c20-16(14-6-3-8-17-14)19-9-7-12-11-4-1-2-5-13(11)18-15(12)10-19/h1-2,4-5,14,17-18H,3,6-10H2/t14-/m1/s1. The number of carbonyl (C=O) groups is 1. The van der Waals surface area contributed by atoms with Crippen molar-refractivity contribution in [3.8, 4) is 0 Å². The van der Waals surface area contributed by atoms with Gasteiger partial charge in [-0.2, -0.15) is 0 Å². The van der Waals surface area contributed by atoms with Crippen LogP contribution < -0.4 is 5.32 Å². The van der Waals surface area contributed by atoms with Gasteiger partial charge >= 0.3 is 0 Å². The molecular weight excluding hydrogens is 250 g/mol. The van der Waals surface area contributed by atoms with Gasteiger partial charge in [0.25, 0.3) is 0 Å². The number of benzene rings is 1. The maximum atomic E-state index is 12.5. The minimum absolute atomic E-state index is 0.0425. The van der Waals surface area contributed by atoms with E-state index in [1.807, 2.05) is 4.90 Å². The number of aromatic amines is 1. The molecule has 4 rings (SSSR count). The average molecular weight is 269 g/mol. The molecule has 104 valence electrons. The zero-order chi connectivity index (χ0) is 13.5. The number of fused-ring (bicyclic) bond motifs is 3. The van der Waals surface area contributed by atoms with E-state index in [1.165, 1.54) is 22.2 Å². The Labute approximate surface area is 118 Å². The van der Waals surface area contributed by atoms with Crippen LogP contribution in [0.1, 0.15) is 24.1 Å². The number of nitrogens with zero attached hydrogens (tertiary/aromatic N) is 1. The molecule has 0 spiro atoms. The van der Waals surface area contributed by atoms with Crippen molar-refractivity contribution >= 4 is 16.8 Å². The van der Waals surface area contributed by atoms with Gasteiger partial charge in [-0.1, -0.05) is 18.2 Å². The van der Waals surface area contributed by atoms with E-state index in [4.69, 9.17) is 0 Å². The predicted molar refractivity (Wildman–Crippen MR) is 78.4 cm³/mol. The van der Waals surface area contributed by atoms with Crippen molar-refractivity contribution in [2.24, 2.45) is 0 Å². The molecule has 4 heteroatoms. The van der Waals surface area contributed by atoms with Gasteiger partial charge in [0.15, 0.2) is 0 Å². The van der Waals surface area contributed by atoms with Crippen LogP contribution in [0.4, 0.5) is 0 Å². The fourth-order valence-corrected chi connectivity index (χ4v) is 3.50. The van der Waals surface area contributed by atoms with E-state index in [1.54, 1.807) is 0 Å². The number of H-pyrrole nitrogens is 1. The molecule has 1 aromatic carbocycles. The van der Waals surface area contributed by atoms with Crippen LogP contribution in [0.3, 0.4) is 0 Å². The molecule has 1 saturated heterocycles. The molecule has 2 aromatic rings. The summed E-state index contributed by atoms with van der Waals surface area (Å²) < 4.78 is 0. The van der Waals surface area contributed by atoms with Crippen molar-refractivity contribution in [2.75, 3.05) is 13.1 Å². The number of para-hydroxylation sites is 1. The van der Waals surface area contributed by atoms with Crippen molar-refractivity contribution in [2.45, 2.75) is 31.8 Å². The lowest BCUT2D eigenvalue weighted by atomic mass is 10.0. The first kappa shape index (κ1) is 12.0. The highest BCUT2D eigenvalue weighted by Gasteiger charge is 2.30. The van der Waals surface area contributed by atoms with E-state index < -0.39 is 0 Å². The number of amides is 1. The molecule has 1 aromatic heterocycles. The number of aromatic nitrogens is 1. The Morgan fingerprint density at radius 3 is 3.05 bits per heavy atom. The highest BCUT2D eigenvalue weighted by molar-refractivity contribution is 5.86. The van der Waals surface area contributed by atoms with Crippen LogP contribution >= 0.6 is 0 Å². The summed E-state index contributed by atoms with van der Waals surface area (Å²) >= 11 is 0. The monoisotopic (exact) mass is 269 g/mol. The van der Waals surface area contributed by atoms with Crippen LogP contribution in [0.2, 0.25) is 0 Å². The molecule has 4 nitrogen and oxygen atoms in total. The largest absolute Gasteiger partial charge is 0.357 e. The van der Waals surface area contributed by atoms with Crippen LogP contribution in [0.5, 0.6) is 0 Å². The normalized spacial score (nSPS) is 22.2. The summed E-state index contributed by atoms with van der Waals surface area (Å²) in [5.41, 5.74) is 3.79. The minimum atomic E-state index is 0.0425. The zero-order valence-corrected chi connectivity index (χ0v) is 11.5. The summed E-state index contributed by atoms with van der Waals surface area (Å²) in [7, 11) is 0. The Morgan fingerprint density at radius 1 is 1.30 bits per heavy atom. The summed E-state index contributed by atoms with van der Waals surface area (Å²) in [6.45, 7) is 2.54. The van der Waals surface area contributed by atoms with Crippen LogP contribution in [-0.4, -0.2) is 34.9 Å². The van der Waals surface area contributed by atoms with E-state index in [9.17, 15) is 4.79 Å². The SMILES string of the molecule is O=C([C@H]1CCCN1)N1CCc2c([nH]c3ccccc23)C1. The van der Waals surface area contributed by atoms with Gasteiger partial charge in [0.05, 0.1) is 12.6 Å². The molecule has 0 bridgehead atoms. The van der Waals surface area contributed by atoms with Gasteiger partial charge < -0.3 is 15.2 Å². The molecule has 0 aliphatic carbocycles. The van der Waals surface area contributed by atoms with E-state index in [0.717, 1.165) is 38.9 Å². The molecule has 1 atom stereocenters. The van der Waals surface area contributed by atoms with Gasteiger partial charge in [-0.15, -0.1) is 0 Å². The fraction of sp³-hybridized carbons (Fsp3) is 0.438. The van der Waals surface area contributed by atoms with Gasteiger partial charge in [-0.3, -0.25) is 4.79 Å². The third-order valence-electron chi connectivity index (χ3n) is 4.55. The molecule has 20 heavy (non-hydrogen) atoms. The van der Waals surface area contributed by atoms with Gasteiger partial charge in [-0.25, -0.2) is 0 Å². The molecule has 0 saturated carbocycles. The maximum absolute atomic E-state index is 12.5. The number of nitrogens with one attached hydrogen (secondary N) is 2. The predicted octanol–water partition coefficient (Wildman–Crippen LogP) is 1.80. The number of hydrogen-bond donors (Lipinski definition) is 2. The summed E-state index contributed by atoms with van der Waals surface area (Å²) in [6, 6.07) is 8.45. The maximum Gasteiger partial charge on any atom is 0.240 e. The van der Waals surface area contributed by atoms with Crippen molar-refractivity contribution in [3.63, 3.8) is 0 Å². The number of hydrogen-bond acceptors (Lipinski definition) is 2. The highest BCUT2D eigenvalue weighted by atomic mass is 16.2. The van der Waals surface area contributed by atoms with E-state index in [0.29, 0.717) is 0 Å². The van der Waals surface area contributed by atoms with E-state index in [-0.39, 0.29) is 11.9 Å². The Balaban J connectivity index is 1.61. The second-order valence-corrected chi connectivity index (χ2v) is 5.79. The molecule has 1 fully saturated rings. The molecule has 3 heterocycles. The molecule has 0 radical (unpaired) electrons. The molecule has 2 aliphatic rings. The number of rotatable bonds is 1. The molecular formula is C16H19N3O. The second kappa shape index (κ2) is 4.63. The zero-order valence-electron chi connectivity index (χ0n) is 11.5. The molecule has 2 aliphatic heterocycles. The molecule has 0 unspecified atom stereocenters. The van der Waals surface area contributed by atoms with Gasteiger partial charge in [0.1, 0.15) is 0 Å². The highest BCUT2D eigenvalue weighted by Crippen LogP contribution is 2.27. The van der Waals surface area contributed by atoms with Gasteiger partial charge in [-0.05, 0) is 37.4 Å². The quantitative estimate of drug-likeness (QED) is 0.829. The van der Waals surface area contributed by atoms with Crippen molar-refractivity contribution in [1.82, 2.24) is 15.2 Å². The van der Waals surface area contributed by atoms with Crippen molar-refractivity contribution in [3.05, 3.63) is 35.5 Å². The second-order valence-electron chi connectivity index (χ2n) is 5.79. The lowest BCUT2D eigenvalue weighted by Gasteiger charge is -2.29. The van der Waals surface area contributed by atoms with Gasteiger partial charge in [0.2, 0.25) is 5.91 Å². The smallest absolute Gasteiger partial charge is 0.240 e. The Bertz CT molecular complexity index is 655. The van der Waals surface area contributed by atoms with Crippen LogP contribution in [0, 0.1) is 0 Å². The third kappa shape index (κ3) is 1.83. The average Bonchev–Trinajstić information content (AvgIpc) is 3.13.